The lowest BCUT2D eigenvalue weighted by atomic mass is 10.2. The van der Waals surface area contributed by atoms with E-state index in [0.29, 0.717) is 22.6 Å². The van der Waals surface area contributed by atoms with Crippen molar-refractivity contribution < 1.29 is 19.1 Å². The van der Waals surface area contributed by atoms with Crippen molar-refractivity contribution in [3.8, 4) is 11.5 Å². The van der Waals surface area contributed by atoms with Gasteiger partial charge in [-0.2, -0.15) is 0 Å². The molecule has 0 radical (unpaired) electrons. The molecule has 6 heteroatoms. The first-order valence-corrected chi connectivity index (χ1v) is 6.61. The van der Waals surface area contributed by atoms with Crippen molar-refractivity contribution in [3.05, 3.63) is 57.6 Å². The second-order valence-electron chi connectivity index (χ2n) is 4.04. The summed E-state index contributed by atoms with van der Waals surface area (Å²) in [5.74, 6) is -0.199. The quantitative estimate of drug-likeness (QED) is 0.484. The Morgan fingerprint density at radius 2 is 1.86 bits per heavy atom. The molecule has 108 valence electrons. The largest absolute Gasteiger partial charge is 0.493 e. The van der Waals surface area contributed by atoms with Crippen LogP contribution in [0.5, 0.6) is 11.5 Å². The van der Waals surface area contributed by atoms with Gasteiger partial charge in [-0.05, 0) is 36.4 Å². The normalized spacial score (nSPS) is 10.0. The molecule has 0 amide bonds. The molecule has 21 heavy (non-hydrogen) atoms. The van der Waals surface area contributed by atoms with Gasteiger partial charge >= 0.3 is 5.97 Å². The minimum absolute atomic E-state index is 0.137. The molecule has 0 saturated carbocycles. The van der Waals surface area contributed by atoms with Crippen molar-refractivity contribution in [2.75, 3.05) is 7.11 Å². The fourth-order valence-electron chi connectivity index (χ4n) is 1.66. The molecular formula is C15H10Cl2O4. The lowest BCUT2D eigenvalue weighted by molar-refractivity contribution is 0.0729. The number of methoxy groups -OCH3 is 1. The highest BCUT2D eigenvalue weighted by atomic mass is 35.5. The van der Waals surface area contributed by atoms with Gasteiger partial charge < -0.3 is 9.47 Å². The van der Waals surface area contributed by atoms with Crippen LogP contribution in [0.15, 0.2) is 36.4 Å². The number of rotatable bonds is 4. The van der Waals surface area contributed by atoms with Gasteiger partial charge in [-0.25, -0.2) is 4.79 Å². The highest BCUT2D eigenvalue weighted by Crippen LogP contribution is 2.29. The first-order valence-electron chi connectivity index (χ1n) is 5.85. The standard InChI is InChI=1S/C15H10Cl2O4/c1-20-13-5-2-9(8-18)6-14(13)21-15(19)11-4-3-10(16)7-12(11)17/h2-8H,1H3. The topological polar surface area (TPSA) is 52.6 Å². The summed E-state index contributed by atoms with van der Waals surface area (Å²) in [6.45, 7) is 0. The molecule has 0 aliphatic rings. The van der Waals surface area contributed by atoms with Crippen molar-refractivity contribution in [3.63, 3.8) is 0 Å². The van der Waals surface area contributed by atoms with Crippen LogP contribution >= 0.6 is 23.2 Å². The van der Waals surface area contributed by atoms with Crippen molar-refractivity contribution in [1.82, 2.24) is 0 Å². The maximum atomic E-state index is 12.1. The van der Waals surface area contributed by atoms with Gasteiger partial charge in [0.25, 0.3) is 0 Å². The first-order chi connectivity index (χ1) is 10.0. The van der Waals surface area contributed by atoms with Crippen molar-refractivity contribution in [1.29, 1.82) is 0 Å². The van der Waals surface area contributed by atoms with E-state index in [1.54, 1.807) is 6.07 Å². The van der Waals surface area contributed by atoms with Gasteiger partial charge in [0.15, 0.2) is 11.5 Å². The van der Waals surface area contributed by atoms with E-state index in [0.717, 1.165) is 0 Å². The van der Waals surface area contributed by atoms with Gasteiger partial charge in [0.1, 0.15) is 6.29 Å². The van der Waals surface area contributed by atoms with Gasteiger partial charge in [0.05, 0.1) is 17.7 Å². The molecule has 0 spiro atoms. The summed E-state index contributed by atoms with van der Waals surface area (Å²) >= 11 is 11.7. The molecule has 0 aliphatic heterocycles. The average molecular weight is 325 g/mol. The zero-order chi connectivity index (χ0) is 15.4. The SMILES string of the molecule is COc1ccc(C=O)cc1OC(=O)c1ccc(Cl)cc1Cl. The van der Waals surface area contributed by atoms with Crippen molar-refractivity contribution in [2.45, 2.75) is 0 Å². The van der Waals surface area contributed by atoms with Gasteiger partial charge in [0.2, 0.25) is 0 Å². The van der Waals surface area contributed by atoms with Crippen LogP contribution in [0.1, 0.15) is 20.7 Å². The Morgan fingerprint density at radius 3 is 2.48 bits per heavy atom. The molecule has 2 rings (SSSR count). The van der Waals surface area contributed by atoms with Crippen LogP contribution in [0.4, 0.5) is 0 Å². The van der Waals surface area contributed by atoms with Crippen LogP contribution < -0.4 is 9.47 Å². The summed E-state index contributed by atoms with van der Waals surface area (Å²) in [5.41, 5.74) is 0.528. The first kappa shape index (κ1) is 15.4. The Labute approximate surface area is 131 Å². The number of halogens is 2. The minimum atomic E-state index is -0.669. The Balaban J connectivity index is 2.32. The zero-order valence-corrected chi connectivity index (χ0v) is 12.4. The molecule has 2 aromatic carbocycles. The monoisotopic (exact) mass is 324 g/mol. The van der Waals surface area contributed by atoms with Gasteiger partial charge in [0, 0.05) is 10.6 Å². The Morgan fingerprint density at radius 1 is 1.10 bits per heavy atom. The predicted molar refractivity (Wildman–Crippen MR) is 79.8 cm³/mol. The van der Waals surface area contributed by atoms with Crippen molar-refractivity contribution >= 4 is 35.5 Å². The molecule has 0 atom stereocenters. The second-order valence-corrected chi connectivity index (χ2v) is 4.89. The number of ether oxygens (including phenoxy) is 2. The van der Waals surface area contributed by atoms with E-state index in [1.165, 1.54) is 37.4 Å². The Kier molecular flexibility index (Phi) is 4.83. The minimum Gasteiger partial charge on any atom is -0.493 e. The number of hydrogen-bond acceptors (Lipinski definition) is 4. The maximum absolute atomic E-state index is 12.1. The molecule has 0 bridgehead atoms. The summed E-state index contributed by atoms with van der Waals surface area (Å²) in [5, 5.41) is 0.593. The number of hydrogen-bond donors (Lipinski definition) is 0. The highest BCUT2D eigenvalue weighted by Gasteiger charge is 2.16. The Hall–Kier alpha value is -2.04. The van der Waals surface area contributed by atoms with Gasteiger partial charge in [-0.1, -0.05) is 23.2 Å². The third kappa shape index (κ3) is 3.54. The van der Waals surface area contributed by atoms with E-state index in [1.807, 2.05) is 0 Å². The highest BCUT2D eigenvalue weighted by molar-refractivity contribution is 6.36. The summed E-state index contributed by atoms with van der Waals surface area (Å²) in [6.07, 6.45) is 0.645. The van der Waals surface area contributed by atoms with Crippen LogP contribution in [0.3, 0.4) is 0 Å². The lowest BCUT2D eigenvalue weighted by Crippen LogP contribution is -2.10. The van der Waals surface area contributed by atoms with E-state index >= 15 is 0 Å². The van der Waals surface area contributed by atoms with Crippen LogP contribution in [0.2, 0.25) is 10.0 Å². The average Bonchev–Trinajstić information content (AvgIpc) is 2.46. The molecule has 0 saturated heterocycles. The van der Waals surface area contributed by atoms with Crippen LogP contribution in [0.25, 0.3) is 0 Å². The van der Waals surface area contributed by atoms with Gasteiger partial charge in [-0.3, -0.25) is 4.79 Å². The number of carbonyl (C=O) groups is 2. The molecule has 0 fully saturated rings. The molecule has 4 nitrogen and oxygen atoms in total. The van der Waals surface area contributed by atoms with E-state index in [2.05, 4.69) is 0 Å². The third-order valence-electron chi connectivity index (χ3n) is 2.68. The number of esters is 1. The number of benzene rings is 2. The summed E-state index contributed by atoms with van der Waals surface area (Å²) < 4.78 is 10.3. The van der Waals surface area contributed by atoms with Crippen LogP contribution in [-0.2, 0) is 0 Å². The van der Waals surface area contributed by atoms with E-state index < -0.39 is 5.97 Å². The molecule has 0 aliphatic carbocycles. The summed E-state index contributed by atoms with van der Waals surface area (Å²) in [4.78, 5) is 22.9. The van der Waals surface area contributed by atoms with Crippen molar-refractivity contribution in [2.24, 2.45) is 0 Å². The van der Waals surface area contributed by atoms with E-state index in [4.69, 9.17) is 32.7 Å². The molecular weight excluding hydrogens is 315 g/mol. The predicted octanol–water partition coefficient (Wildman–Crippen LogP) is 4.03. The molecule has 2 aromatic rings. The number of carbonyl (C=O) groups excluding carboxylic acids is 2. The van der Waals surface area contributed by atoms with E-state index in [9.17, 15) is 9.59 Å². The summed E-state index contributed by atoms with van der Waals surface area (Å²) in [7, 11) is 1.43. The van der Waals surface area contributed by atoms with Gasteiger partial charge in [-0.15, -0.1) is 0 Å². The Bertz CT molecular complexity index is 698. The summed E-state index contributed by atoms with van der Waals surface area (Å²) in [6, 6.07) is 8.94. The van der Waals surface area contributed by atoms with E-state index in [-0.39, 0.29) is 16.3 Å². The second kappa shape index (κ2) is 6.61. The van der Waals surface area contributed by atoms with Crippen LogP contribution in [0, 0.1) is 0 Å². The maximum Gasteiger partial charge on any atom is 0.345 e. The lowest BCUT2D eigenvalue weighted by Gasteiger charge is -2.10. The zero-order valence-electron chi connectivity index (χ0n) is 10.9. The van der Waals surface area contributed by atoms with Crippen LogP contribution in [-0.4, -0.2) is 19.4 Å². The number of aldehydes is 1. The fraction of sp³-hybridized carbons (Fsp3) is 0.0667. The molecule has 0 N–H and O–H groups in total. The molecule has 0 unspecified atom stereocenters. The smallest absolute Gasteiger partial charge is 0.345 e. The fourth-order valence-corrected chi connectivity index (χ4v) is 2.14. The third-order valence-corrected chi connectivity index (χ3v) is 3.23. The molecule has 0 aromatic heterocycles. The molecule has 0 heterocycles.